The van der Waals surface area contributed by atoms with Gasteiger partial charge in [0.25, 0.3) is 0 Å². The maximum Gasteiger partial charge on any atom is 0.224 e. The lowest BCUT2D eigenvalue weighted by atomic mass is 10.3. The summed E-state index contributed by atoms with van der Waals surface area (Å²) in [6.45, 7) is 3.31. The minimum Gasteiger partial charge on any atom is -0.382 e. The Morgan fingerprint density at radius 3 is 2.73 bits per heavy atom. The summed E-state index contributed by atoms with van der Waals surface area (Å²) in [6, 6.07) is 9.47. The zero-order valence-electron chi connectivity index (χ0n) is 9.03. The number of amides is 1. The fourth-order valence-corrected chi connectivity index (χ4v) is 1.22. The first-order valence-corrected chi connectivity index (χ1v) is 5.25. The second kappa shape index (κ2) is 7.01. The molecule has 0 aliphatic carbocycles. The molecule has 1 N–H and O–H groups in total. The van der Waals surface area contributed by atoms with Crippen LogP contribution in [-0.4, -0.2) is 19.1 Å². The standard InChI is InChI=1S/C12H17NO2/c1-2-15-10-6-9-12(14)13-11-7-4-3-5-8-11/h3-5,7-8H,2,6,9-10H2,1H3,(H,13,14). The van der Waals surface area contributed by atoms with E-state index in [1.807, 2.05) is 37.3 Å². The van der Waals surface area contributed by atoms with Crippen LogP contribution in [0.2, 0.25) is 0 Å². The molecular weight excluding hydrogens is 190 g/mol. The third-order valence-corrected chi connectivity index (χ3v) is 1.95. The molecule has 0 spiro atoms. The Hall–Kier alpha value is -1.35. The Balaban J connectivity index is 2.19. The Morgan fingerprint density at radius 1 is 1.33 bits per heavy atom. The molecule has 1 rings (SSSR count). The summed E-state index contributed by atoms with van der Waals surface area (Å²) in [6.07, 6.45) is 1.28. The van der Waals surface area contributed by atoms with Gasteiger partial charge < -0.3 is 10.1 Å². The van der Waals surface area contributed by atoms with Crippen molar-refractivity contribution in [2.75, 3.05) is 18.5 Å². The molecule has 0 bridgehead atoms. The average Bonchev–Trinajstić information content (AvgIpc) is 2.26. The first kappa shape index (κ1) is 11.7. The van der Waals surface area contributed by atoms with E-state index in [4.69, 9.17) is 4.74 Å². The van der Waals surface area contributed by atoms with E-state index in [0.717, 1.165) is 12.1 Å². The Bertz CT molecular complexity index is 285. The highest BCUT2D eigenvalue weighted by Crippen LogP contribution is 2.05. The molecule has 82 valence electrons. The topological polar surface area (TPSA) is 38.3 Å². The summed E-state index contributed by atoms with van der Waals surface area (Å²) in [7, 11) is 0. The number of para-hydroxylation sites is 1. The maximum atomic E-state index is 11.4. The van der Waals surface area contributed by atoms with E-state index >= 15 is 0 Å². The highest BCUT2D eigenvalue weighted by molar-refractivity contribution is 5.90. The van der Waals surface area contributed by atoms with Crippen LogP contribution in [0.1, 0.15) is 19.8 Å². The number of ether oxygens (including phenoxy) is 1. The van der Waals surface area contributed by atoms with Crippen molar-refractivity contribution in [3.05, 3.63) is 30.3 Å². The van der Waals surface area contributed by atoms with Crippen LogP contribution in [0.25, 0.3) is 0 Å². The first-order chi connectivity index (χ1) is 7.33. The summed E-state index contributed by atoms with van der Waals surface area (Å²) in [5.74, 6) is 0.0425. The van der Waals surface area contributed by atoms with Gasteiger partial charge in [0.2, 0.25) is 5.91 Å². The number of hydrogen-bond acceptors (Lipinski definition) is 2. The molecule has 0 aromatic heterocycles. The van der Waals surface area contributed by atoms with Gasteiger partial charge in [-0.05, 0) is 25.5 Å². The van der Waals surface area contributed by atoms with Crippen LogP contribution in [0.5, 0.6) is 0 Å². The first-order valence-electron chi connectivity index (χ1n) is 5.25. The average molecular weight is 207 g/mol. The molecule has 1 aromatic rings. The number of rotatable bonds is 6. The van der Waals surface area contributed by atoms with E-state index in [0.29, 0.717) is 19.6 Å². The van der Waals surface area contributed by atoms with Crippen molar-refractivity contribution < 1.29 is 9.53 Å². The van der Waals surface area contributed by atoms with E-state index in [2.05, 4.69) is 5.32 Å². The van der Waals surface area contributed by atoms with Gasteiger partial charge in [-0.2, -0.15) is 0 Å². The summed E-state index contributed by atoms with van der Waals surface area (Å²) in [4.78, 5) is 11.4. The van der Waals surface area contributed by atoms with Gasteiger partial charge in [0, 0.05) is 25.3 Å². The minimum absolute atomic E-state index is 0.0425. The molecule has 0 saturated heterocycles. The van der Waals surface area contributed by atoms with Gasteiger partial charge >= 0.3 is 0 Å². The molecule has 0 atom stereocenters. The van der Waals surface area contributed by atoms with Gasteiger partial charge in [-0.1, -0.05) is 18.2 Å². The van der Waals surface area contributed by atoms with Gasteiger partial charge in [-0.15, -0.1) is 0 Å². The highest BCUT2D eigenvalue weighted by atomic mass is 16.5. The second-order valence-electron chi connectivity index (χ2n) is 3.21. The van der Waals surface area contributed by atoms with Crippen molar-refractivity contribution in [3.8, 4) is 0 Å². The molecule has 0 unspecified atom stereocenters. The maximum absolute atomic E-state index is 11.4. The zero-order chi connectivity index (χ0) is 10.9. The van der Waals surface area contributed by atoms with Crippen LogP contribution in [-0.2, 0) is 9.53 Å². The van der Waals surface area contributed by atoms with Gasteiger partial charge in [0.15, 0.2) is 0 Å². The van der Waals surface area contributed by atoms with Crippen LogP contribution in [0.15, 0.2) is 30.3 Å². The number of anilines is 1. The molecule has 3 nitrogen and oxygen atoms in total. The normalized spacial score (nSPS) is 9.93. The van der Waals surface area contributed by atoms with E-state index in [-0.39, 0.29) is 5.91 Å². The number of nitrogens with one attached hydrogen (secondary N) is 1. The third kappa shape index (κ3) is 5.18. The lowest BCUT2D eigenvalue weighted by Gasteiger charge is -2.04. The molecule has 0 fully saturated rings. The van der Waals surface area contributed by atoms with Crippen LogP contribution < -0.4 is 5.32 Å². The zero-order valence-corrected chi connectivity index (χ0v) is 9.03. The van der Waals surface area contributed by atoms with Gasteiger partial charge in [0.05, 0.1) is 0 Å². The lowest BCUT2D eigenvalue weighted by molar-refractivity contribution is -0.116. The lowest BCUT2D eigenvalue weighted by Crippen LogP contribution is -2.12. The van der Waals surface area contributed by atoms with Crippen molar-refractivity contribution >= 4 is 11.6 Å². The summed E-state index contributed by atoms with van der Waals surface area (Å²) >= 11 is 0. The van der Waals surface area contributed by atoms with Gasteiger partial charge in [-0.25, -0.2) is 0 Å². The van der Waals surface area contributed by atoms with Crippen LogP contribution in [0, 0.1) is 0 Å². The van der Waals surface area contributed by atoms with E-state index in [9.17, 15) is 4.79 Å². The van der Waals surface area contributed by atoms with E-state index in [1.165, 1.54) is 0 Å². The molecule has 1 aromatic carbocycles. The minimum atomic E-state index is 0.0425. The molecule has 0 heterocycles. The molecule has 3 heteroatoms. The van der Waals surface area contributed by atoms with Gasteiger partial charge in [0.1, 0.15) is 0 Å². The molecule has 0 aliphatic heterocycles. The molecule has 1 amide bonds. The summed E-state index contributed by atoms with van der Waals surface area (Å²) in [5, 5.41) is 2.82. The van der Waals surface area contributed by atoms with Crippen molar-refractivity contribution in [2.24, 2.45) is 0 Å². The van der Waals surface area contributed by atoms with Crippen molar-refractivity contribution in [2.45, 2.75) is 19.8 Å². The van der Waals surface area contributed by atoms with Crippen LogP contribution >= 0.6 is 0 Å². The quantitative estimate of drug-likeness (QED) is 0.727. The third-order valence-electron chi connectivity index (χ3n) is 1.95. The summed E-state index contributed by atoms with van der Waals surface area (Å²) < 4.78 is 5.15. The molecular formula is C12H17NO2. The fraction of sp³-hybridized carbons (Fsp3) is 0.417. The summed E-state index contributed by atoms with van der Waals surface area (Å²) in [5.41, 5.74) is 0.846. The number of hydrogen-bond donors (Lipinski definition) is 1. The number of benzene rings is 1. The molecule has 15 heavy (non-hydrogen) atoms. The Labute approximate surface area is 90.4 Å². The Kier molecular flexibility index (Phi) is 5.48. The van der Waals surface area contributed by atoms with Crippen LogP contribution in [0.4, 0.5) is 5.69 Å². The number of carbonyl (C=O) groups excluding carboxylic acids is 1. The number of carbonyl (C=O) groups is 1. The van der Waals surface area contributed by atoms with Crippen molar-refractivity contribution in [1.29, 1.82) is 0 Å². The SMILES string of the molecule is CCOCCCC(=O)Nc1ccccc1. The van der Waals surface area contributed by atoms with E-state index < -0.39 is 0 Å². The predicted molar refractivity (Wildman–Crippen MR) is 60.8 cm³/mol. The fourth-order valence-electron chi connectivity index (χ4n) is 1.22. The highest BCUT2D eigenvalue weighted by Gasteiger charge is 2.00. The monoisotopic (exact) mass is 207 g/mol. The van der Waals surface area contributed by atoms with Crippen molar-refractivity contribution in [1.82, 2.24) is 0 Å². The smallest absolute Gasteiger partial charge is 0.224 e. The Morgan fingerprint density at radius 2 is 2.07 bits per heavy atom. The molecule has 0 aliphatic rings. The van der Waals surface area contributed by atoms with Crippen molar-refractivity contribution in [3.63, 3.8) is 0 Å². The van der Waals surface area contributed by atoms with Crippen LogP contribution in [0.3, 0.4) is 0 Å². The van der Waals surface area contributed by atoms with E-state index in [1.54, 1.807) is 0 Å². The van der Waals surface area contributed by atoms with Gasteiger partial charge in [-0.3, -0.25) is 4.79 Å². The molecule has 0 saturated carbocycles. The molecule has 0 radical (unpaired) electrons. The largest absolute Gasteiger partial charge is 0.382 e. The predicted octanol–water partition coefficient (Wildman–Crippen LogP) is 2.44. The second-order valence-corrected chi connectivity index (χ2v) is 3.21.